The standard InChI is InChI=1S/C8H10ClNO/c1-8(2,11)6-3-7(9)5-10-4-6/h3-5,11H,1-2H3. The number of aliphatic hydroxyl groups is 1. The summed E-state index contributed by atoms with van der Waals surface area (Å²) in [5, 5.41) is 10.1. The van der Waals surface area contributed by atoms with Crippen LogP contribution in [0.2, 0.25) is 5.02 Å². The van der Waals surface area contributed by atoms with Gasteiger partial charge in [-0.25, -0.2) is 0 Å². The van der Waals surface area contributed by atoms with Gasteiger partial charge in [0.25, 0.3) is 0 Å². The highest BCUT2D eigenvalue weighted by Gasteiger charge is 2.15. The Bertz CT molecular complexity index is 255. The average Bonchev–Trinajstić information content (AvgIpc) is 1.86. The SMILES string of the molecule is CC(C)(O)c1cncc(Cl)c1. The van der Waals surface area contributed by atoms with Gasteiger partial charge in [0.15, 0.2) is 0 Å². The van der Waals surface area contributed by atoms with Crippen molar-refractivity contribution >= 4 is 11.6 Å². The third kappa shape index (κ3) is 2.17. The van der Waals surface area contributed by atoms with Crippen LogP contribution in [0, 0.1) is 0 Å². The van der Waals surface area contributed by atoms with Gasteiger partial charge < -0.3 is 5.11 Å². The number of hydrogen-bond donors (Lipinski definition) is 1. The van der Waals surface area contributed by atoms with E-state index in [1.807, 2.05) is 0 Å². The minimum atomic E-state index is -0.863. The van der Waals surface area contributed by atoms with Crippen LogP contribution in [-0.4, -0.2) is 10.1 Å². The van der Waals surface area contributed by atoms with E-state index in [-0.39, 0.29) is 0 Å². The Morgan fingerprint density at radius 3 is 2.45 bits per heavy atom. The fraction of sp³-hybridized carbons (Fsp3) is 0.375. The van der Waals surface area contributed by atoms with Crippen molar-refractivity contribution in [3.8, 4) is 0 Å². The molecule has 0 saturated carbocycles. The second-order valence-corrected chi connectivity index (χ2v) is 3.39. The highest BCUT2D eigenvalue weighted by atomic mass is 35.5. The highest BCUT2D eigenvalue weighted by molar-refractivity contribution is 6.30. The smallest absolute Gasteiger partial charge is 0.0855 e. The van der Waals surface area contributed by atoms with Crippen LogP contribution in [0.5, 0.6) is 0 Å². The average molecular weight is 172 g/mol. The molecule has 0 atom stereocenters. The molecule has 11 heavy (non-hydrogen) atoms. The van der Waals surface area contributed by atoms with Gasteiger partial charge in [-0.2, -0.15) is 0 Å². The van der Waals surface area contributed by atoms with Crippen molar-refractivity contribution in [1.29, 1.82) is 0 Å². The fourth-order valence-electron chi connectivity index (χ4n) is 0.746. The lowest BCUT2D eigenvalue weighted by atomic mass is 10.0. The monoisotopic (exact) mass is 171 g/mol. The van der Waals surface area contributed by atoms with Crippen LogP contribution in [0.4, 0.5) is 0 Å². The van der Waals surface area contributed by atoms with E-state index in [1.165, 1.54) is 6.20 Å². The molecule has 1 rings (SSSR count). The van der Waals surface area contributed by atoms with Crippen molar-refractivity contribution in [2.45, 2.75) is 19.4 Å². The minimum absolute atomic E-state index is 0.546. The van der Waals surface area contributed by atoms with Gasteiger partial charge in [-0.3, -0.25) is 4.98 Å². The van der Waals surface area contributed by atoms with E-state index in [0.29, 0.717) is 5.02 Å². The van der Waals surface area contributed by atoms with Crippen LogP contribution < -0.4 is 0 Å². The maximum Gasteiger partial charge on any atom is 0.0855 e. The number of halogens is 1. The number of pyridine rings is 1. The Hall–Kier alpha value is -0.600. The third-order valence-electron chi connectivity index (χ3n) is 1.41. The molecule has 0 unspecified atom stereocenters. The molecule has 0 fully saturated rings. The van der Waals surface area contributed by atoms with E-state index >= 15 is 0 Å². The molecule has 1 N–H and O–H groups in total. The van der Waals surface area contributed by atoms with Crippen molar-refractivity contribution in [1.82, 2.24) is 4.98 Å². The Morgan fingerprint density at radius 2 is 2.09 bits per heavy atom. The van der Waals surface area contributed by atoms with Crippen molar-refractivity contribution in [2.24, 2.45) is 0 Å². The number of rotatable bonds is 1. The van der Waals surface area contributed by atoms with E-state index < -0.39 is 5.60 Å². The zero-order valence-corrected chi connectivity index (χ0v) is 7.26. The van der Waals surface area contributed by atoms with E-state index in [9.17, 15) is 5.11 Å². The van der Waals surface area contributed by atoms with Gasteiger partial charge >= 0.3 is 0 Å². The summed E-state index contributed by atoms with van der Waals surface area (Å²) >= 11 is 5.68. The topological polar surface area (TPSA) is 33.1 Å². The zero-order valence-electron chi connectivity index (χ0n) is 6.50. The number of hydrogen-bond acceptors (Lipinski definition) is 2. The largest absolute Gasteiger partial charge is 0.386 e. The van der Waals surface area contributed by atoms with Gasteiger partial charge in [0, 0.05) is 18.0 Å². The molecule has 0 aliphatic rings. The fourth-order valence-corrected chi connectivity index (χ4v) is 0.920. The normalized spacial score (nSPS) is 11.6. The lowest BCUT2D eigenvalue weighted by molar-refractivity contribution is 0.0782. The van der Waals surface area contributed by atoms with Crippen LogP contribution in [0.1, 0.15) is 19.4 Å². The molecule has 1 aromatic rings. The van der Waals surface area contributed by atoms with Gasteiger partial charge in [-0.15, -0.1) is 0 Å². The van der Waals surface area contributed by atoms with Gasteiger partial charge in [0.05, 0.1) is 10.6 Å². The Kier molecular flexibility index (Phi) is 2.16. The van der Waals surface area contributed by atoms with Crippen LogP contribution in [0.3, 0.4) is 0 Å². The highest BCUT2D eigenvalue weighted by Crippen LogP contribution is 2.20. The Morgan fingerprint density at radius 1 is 1.45 bits per heavy atom. The summed E-state index contributed by atoms with van der Waals surface area (Å²) < 4.78 is 0. The first-order valence-electron chi connectivity index (χ1n) is 3.33. The summed E-state index contributed by atoms with van der Waals surface area (Å²) in [4.78, 5) is 3.86. The molecule has 60 valence electrons. The van der Waals surface area contributed by atoms with Gasteiger partial charge in [-0.05, 0) is 19.9 Å². The van der Waals surface area contributed by atoms with Gasteiger partial charge in [-0.1, -0.05) is 11.6 Å². The molecule has 0 radical (unpaired) electrons. The Labute approximate surface area is 70.8 Å². The first kappa shape index (κ1) is 8.50. The van der Waals surface area contributed by atoms with E-state index in [4.69, 9.17) is 11.6 Å². The van der Waals surface area contributed by atoms with Crippen LogP contribution in [0.25, 0.3) is 0 Å². The van der Waals surface area contributed by atoms with Crippen molar-refractivity contribution in [3.63, 3.8) is 0 Å². The Balaban J connectivity index is 3.06. The molecule has 0 bridgehead atoms. The summed E-state index contributed by atoms with van der Waals surface area (Å²) in [6.07, 6.45) is 3.14. The molecule has 0 aromatic carbocycles. The first-order valence-corrected chi connectivity index (χ1v) is 3.71. The summed E-state index contributed by atoms with van der Waals surface area (Å²) in [5.41, 5.74) is -0.136. The number of aromatic nitrogens is 1. The molecule has 1 aromatic heterocycles. The van der Waals surface area contributed by atoms with Crippen molar-refractivity contribution in [2.75, 3.05) is 0 Å². The minimum Gasteiger partial charge on any atom is -0.386 e. The molecule has 0 spiro atoms. The van der Waals surface area contributed by atoms with Gasteiger partial charge in [0.2, 0.25) is 0 Å². The van der Waals surface area contributed by atoms with Crippen molar-refractivity contribution in [3.05, 3.63) is 29.0 Å². The molecule has 0 aliphatic heterocycles. The third-order valence-corrected chi connectivity index (χ3v) is 1.62. The number of nitrogens with zero attached hydrogens (tertiary/aromatic N) is 1. The summed E-state index contributed by atoms with van der Waals surface area (Å²) in [6.45, 7) is 3.39. The van der Waals surface area contributed by atoms with Crippen LogP contribution >= 0.6 is 11.6 Å². The first-order chi connectivity index (χ1) is 5.00. The summed E-state index contributed by atoms with van der Waals surface area (Å²) in [6, 6.07) is 1.70. The van der Waals surface area contributed by atoms with E-state index in [0.717, 1.165) is 5.56 Å². The van der Waals surface area contributed by atoms with Gasteiger partial charge in [0.1, 0.15) is 0 Å². The molecule has 0 amide bonds. The maximum atomic E-state index is 9.51. The predicted octanol–water partition coefficient (Wildman–Crippen LogP) is 1.96. The maximum absolute atomic E-state index is 9.51. The molecular weight excluding hydrogens is 162 g/mol. The van der Waals surface area contributed by atoms with E-state index in [2.05, 4.69) is 4.98 Å². The lowest BCUT2D eigenvalue weighted by Gasteiger charge is -2.16. The van der Waals surface area contributed by atoms with Crippen LogP contribution in [-0.2, 0) is 5.60 Å². The molecule has 0 saturated heterocycles. The molecule has 3 heteroatoms. The molecule has 0 aliphatic carbocycles. The molecule has 1 heterocycles. The lowest BCUT2D eigenvalue weighted by Crippen LogP contribution is -2.15. The second kappa shape index (κ2) is 2.80. The quantitative estimate of drug-likeness (QED) is 0.701. The van der Waals surface area contributed by atoms with Crippen molar-refractivity contribution < 1.29 is 5.11 Å². The second-order valence-electron chi connectivity index (χ2n) is 2.95. The van der Waals surface area contributed by atoms with E-state index in [1.54, 1.807) is 26.1 Å². The zero-order chi connectivity index (χ0) is 8.48. The molecular formula is C8H10ClNO. The summed E-state index contributed by atoms with van der Waals surface area (Å²) in [7, 11) is 0. The predicted molar refractivity (Wildman–Crippen MR) is 44.5 cm³/mol. The van der Waals surface area contributed by atoms with Crippen LogP contribution in [0.15, 0.2) is 18.5 Å². The summed E-state index contributed by atoms with van der Waals surface area (Å²) in [5.74, 6) is 0. The molecule has 2 nitrogen and oxygen atoms in total.